The van der Waals surface area contributed by atoms with Crippen molar-refractivity contribution in [1.82, 2.24) is 19.5 Å². The van der Waals surface area contributed by atoms with Gasteiger partial charge in [-0.2, -0.15) is 0 Å². The monoisotopic (exact) mass is 600 g/mol. The first kappa shape index (κ1) is 28.2. The van der Waals surface area contributed by atoms with Crippen LogP contribution in [-0.2, 0) is 0 Å². The smallest absolute Gasteiger partial charge is 0.227 e. The molecule has 4 aromatic heterocycles. The van der Waals surface area contributed by atoms with E-state index in [1.165, 1.54) is 38.7 Å². The second-order valence-corrected chi connectivity index (χ2v) is 13.0. The molecule has 5 heteroatoms. The third kappa shape index (κ3) is 4.49. The Hall–Kier alpha value is -5.29. The molecular formula is C41H36N4O. The minimum absolute atomic E-state index is 0.277. The largest absolute Gasteiger partial charge is 0.436 e. The predicted molar refractivity (Wildman–Crippen MR) is 190 cm³/mol. The Morgan fingerprint density at radius 1 is 0.652 bits per heavy atom. The second-order valence-electron chi connectivity index (χ2n) is 13.0. The number of rotatable bonds is 5. The fourth-order valence-corrected chi connectivity index (χ4v) is 6.89. The van der Waals surface area contributed by atoms with E-state index in [2.05, 4.69) is 128 Å². The molecule has 5 nitrogen and oxygen atoms in total. The number of nitrogens with zero attached hydrogens (tertiary/aromatic N) is 4. The second kappa shape index (κ2) is 10.7. The van der Waals surface area contributed by atoms with Crippen LogP contribution in [-0.4, -0.2) is 19.5 Å². The van der Waals surface area contributed by atoms with Gasteiger partial charge in [0.25, 0.3) is 0 Å². The van der Waals surface area contributed by atoms with Crippen LogP contribution in [0.4, 0.5) is 0 Å². The van der Waals surface area contributed by atoms with E-state index >= 15 is 0 Å². The zero-order valence-corrected chi connectivity index (χ0v) is 27.1. The molecule has 8 aromatic rings. The number of aryl methyl sites for hydroxylation is 2. The highest BCUT2D eigenvalue weighted by Crippen LogP contribution is 2.41. The zero-order chi connectivity index (χ0) is 31.7. The Kier molecular flexibility index (Phi) is 6.54. The Balaban J connectivity index is 1.41. The highest BCUT2D eigenvalue weighted by molar-refractivity contribution is 6.05. The molecule has 4 aromatic carbocycles. The quantitative estimate of drug-likeness (QED) is 0.197. The molecule has 8 rings (SSSR count). The van der Waals surface area contributed by atoms with Crippen LogP contribution in [0.15, 0.2) is 102 Å². The van der Waals surface area contributed by atoms with Crippen molar-refractivity contribution in [3.63, 3.8) is 0 Å². The Bertz CT molecular complexity index is 2430. The fraction of sp³-hybridized carbons (Fsp3) is 0.195. The lowest BCUT2D eigenvalue weighted by Gasteiger charge is -2.24. The molecule has 46 heavy (non-hydrogen) atoms. The molecule has 0 aliphatic heterocycles. The minimum atomic E-state index is 0.277. The first-order valence-corrected chi connectivity index (χ1v) is 16.1. The van der Waals surface area contributed by atoms with Crippen molar-refractivity contribution in [3.8, 4) is 28.2 Å². The summed E-state index contributed by atoms with van der Waals surface area (Å²) in [6.07, 6.45) is 1.89. The third-order valence-electron chi connectivity index (χ3n) is 9.15. The number of pyridine rings is 2. The van der Waals surface area contributed by atoms with Gasteiger partial charge in [-0.3, -0.25) is 9.55 Å². The maximum absolute atomic E-state index is 6.19. The van der Waals surface area contributed by atoms with Crippen molar-refractivity contribution >= 4 is 43.9 Å². The average molecular weight is 601 g/mol. The number of hydrogen-bond acceptors (Lipinski definition) is 4. The van der Waals surface area contributed by atoms with Gasteiger partial charge in [-0.05, 0) is 101 Å². The summed E-state index contributed by atoms with van der Waals surface area (Å²) in [7, 11) is 0. The van der Waals surface area contributed by atoms with Crippen molar-refractivity contribution in [3.05, 3.63) is 120 Å². The van der Waals surface area contributed by atoms with E-state index < -0.39 is 0 Å². The first-order chi connectivity index (χ1) is 22.3. The van der Waals surface area contributed by atoms with Crippen molar-refractivity contribution in [2.24, 2.45) is 0 Å². The van der Waals surface area contributed by atoms with E-state index in [-0.39, 0.29) is 11.8 Å². The molecule has 0 amide bonds. The van der Waals surface area contributed by atoms with Gasteiger partial charge < -0.3 is 4.42 Å². The van der Waals surface area contributed by atoms with Gasteiger partial charge in [-0.1, -0.05) is 76.2 Å². The van der Waals surface area contributed by atoms with Crippen LogP contribution in [0.1, 0.15) is 62.0 Å². The lowest BCUT2D eigenvalue weighted by Crippen LogP contribution is -2.09. The van der Waals surface area contributed by atoms with Crippen LogP contribution in [0.3, 0.4) is 0 Å². The summed E-state index contributed by atoms with van der Waals surface area (Å²) < 4.78 is 8.55. The molecule has 0 radical (unpaired) electrons. The number of benzene rings is 4. The van der Waals surface area contributed by atoms with Gasteiger partial charge in [0.15, 0.2) is 5.58 Å². The van der Waals surface area contributed by atoms with E-state index in [0.717, 1.165) is 50.2 Å². The number of furan rings is 1. The van der Waals surface area contributed by atoms with Crippen molar-refractivity contribution < 1.29 is 4.42 Å². The SMILES string of the molecule is Cc1cc2c(oc3ncc(-c4nc5ccccc5n4-c4c(C(C)C)cc(-c5ccc6ccccc6c5)cc4C(C)C)cc32)c(C)n1. The van der Waals surface area contributed by atoms with Crippen molar-refractivity contribution in [2.45, 2.75) is 53.4 Å². The van der Waals surface area contributed by atoms with E-state index in [1.807, 2.05) is 20.0 Å². The van der Waals surface area contributed by atoms with E-state index in [0.29, 0.717) is 5.71 Å². The predicted octanol–water partition coefficient (Wildman–Crippen LogP) is 11.1. The van der Waals surface area contributed by atoms with Gasteiger partial charge in [-0.25, -0.2) is 9.97 Å². The van der Waals surface area contributed by atoms with Crippen LogP contribution in [0.2, 0.25) is 0 Å². The van der Waals surface area contributed by atoms with Gasteiger partial charge in [-0.15, -0.1) is 0 Å². The minimum Gasteiger partial charge on any atom is -0.436 e. The molecule has 0 N–H and O–H groups in total. The maximum atomic E-state index is 6.19. The molecule has 0 saturated carbocycles. The lowest BCUT2D eigenvalue weighted by atomic mass is 9.87. The first-order valence-electron chi connectivity index (χ1n) is 16.1. The highest BCUT2D eigenvalue weighted by atomic mass is 16.3. The summed E-state index contributed by atoms with van der Waals surface area (Å²) in [6, 6.07) is 32.8. The third-order valence-corrected chi connectivity index (χ3v) is 9.15. The van der Waals surface area contributed by atoms with E-state index in [9.17, 15) is 0 Å². The summed E-state index contributed by atoms with van der Waals surface area (Å²) in [5.41, 5.74) is 12.4. The fourth-order valence-electron chi connectivity index (χ4n) is 6.89. The summed E-state index contributed by atoms with van der Waals surface area (Å²) in [6.45, 7) is 13.2. The molecule has 4 heterocycles. The van der Waals surface area contributed by atoms with Gasteiger partial charge in [0, 0.05) is 28.2 Å². The molecule has 0 spiro atoms. The van der Waals surface area contributed by atoms with Crippen LogP contribution >= 0.6 is 0 Å². The average Bonchev–Trinajstić information content (AvgIpc) is 3.62. The standard InChI is InChI=1S/C41H36N4O/c1-23(2)32-19-30(29-16-15-27-11-7-8-12-28(27)18-29)20-33(24(3)4)38(32)45-37-14-10-9-13-36(37)44-40(45)31-21-35-34-17-25(5)43-26(6)39(34)46-41(35)42-22-31/h7-24H,1-6H3. The number of para-hydroxylation sites is 2. The number of imidazole rings is 1. The molecular weight excluding hydrogens is 564 g/mol. The maximum Gasteiger partial charge on any atom is 0.227 e. The summed E-state index contributed by atoms with van der Waals surface area (Å²) in [5.74, 6) is 1.42. The molecule has 0 saturated heterocycles. The molecule has 0 atom stereocenters. The summed E-state index contributed by atoms with van der Waals surface area (Å²) in [4.78, 5) is 14.7. The van der Waals surface area contributed by atoms with Gasteiger partial charge in [0.05, 0.1) is 22.4 Å². The van der Waals surface area contributed by atoms with E-state index in [1.54, 1.807) is 0 Å². The number of hydrogen-bond donors (Lipinski definition) is 0. The summed E-state index contributed by atoms with van der Waals surface area (Å²) >= 11 is 0. The number of aromatic nitrogens is 4. The Labute approximate surface area is 268 Å². The topological polar surface area (TPSA) is 56.7 Å². The van der Waals surface area contributed by atoms with Crippen LogP contribution in [0, 0.1) is 13.8 Å². The van der Waals surface area contributed by atoms with Gasteiger partial charge >= 0.3 is 0 Å². The van der Waals surface area contributed by atoms with Crippen LogP contribution < -0.4 is 0 Å². The van der Waals surface area contributed by atoms with Crippen LogP contribution in [0.25, 0.3) is 72.1 Å². The Morgan fingerprint density at radius 2 is 1.37 bits per heavy atom. The van der Waals surface area contributed by atoms with Crippen molar-refractivity contribution in [1.29, 1.82) is 0 Å². The molecule has 0 bridgehead atoms. The number of fused-ring (bicyclic) bond motifs is 5. The van der Waals surface area contributed by atoms with E-state index in [4.69, 9.17) is 14.4 Å². The van der Waals surface area contributed by atoms with Gasteiger partial charge in [0.2, 0.25) is 5.71 Å². The molecule has 226 valence electrons. The lowest BCUT2D eigenvalue weighted by molar-refractivity contribution is 0.648. The summed E-state index contributed by atoms with van der Waals surface area (Å²) in [5, 5.41) is 4.50. The molecule has 0 aliphatic carbocycles. The zero-order valence-electron chi connectivity index (χ0n) is 27.1. The van der Waals surface area contributed by atoms with Crippen molar-refractivity contribution in [2.75, 3.05) is 0 Å². The Morgan fingerprint density at radius 3 is 2.13 bits per heavy atom. The normalized spacial score (nSPS) is 12.1. The van der Waals surface area contributed by atoms with Gasteiger partial charge in [0.1, 0.15) is 5.82 Å². The molecule has 0 fully saturated rings. The highest BCUT2D eigenvalue weighted by Gasteiger charge is 2.24. The molecule has 0 unspecified atom stereocenters. The molecule has 0 aliphatic rings. The van der Waals surface area contributed by atoms with Crippen LogP contribution in [0.5, 0.6) is 0 Å².